The van der Waals surface area contributed by atoms with Crippen molar-refractivity contribution in [1.29, 1.82) is 0 Å². The summed E-state index contributed by atoms with van der Waals surface area (Å²) in [7, 11) is 0. The molecule has 0 fully saturated rings. The van der Waals surface area contributed by atoms with Crippen molar-refractivity contribution in [3.8, 4) is 0 Å². The molecular weight excluding hydrogens is 208 g/mol. The molecule has 0 unspecified atom stereocenters. The number of pyridine rings is 1. The van der Waals surface area contributed by atoms with Crippen molar-refractivity contribution in [3.05, 3.63) is 22.4 Å². The summed E-state index contributed by atoms with van der Waals surface area (Å²) in [4.78, 5) is 9.46. The van der Waals surface area contributed by atoms with Crippen LogP contribution in [0.25, 0.3) is 0 Å². The van der Waals surface area contributed by atoms with Gasteiger partial charge in [0.2, 0.25) is 0 Å². The molecule has 17 heavy (non-hydrogen) atoms. The first kappa shape index (κ1) is 12.3. The second kappa shape index (κ2) is 4.25. The molecule has 0 radical (unpaired) electrons. The number of hydrogen-bond donors (Lipinski definition) is 0. The van der Waals surface area contributed by atoms with Crippen LogP contribution >= 0.6 is 0 Å². The Morgan fingerprint density at radius 3 is 2.12 bits per heavy atom. The van der Waals surface area contributed by atoms with Crippen LogP contribution in [0.5, 0.6) is 0 Å². The molecule has 0 aliphatic carbocycles. The van der Waals surface area contributed by atoms with Crippen molar-refractivity contribution < 1.29 is 0 Å². The highest BCUT2D eigenvalue weighted by Gasteiger charge is 2.23. The molecule has 1 aliphatic rings. The Kier molecular flexibility index (Phi) is 3.07. The fourth-order valence-electron chi connectivity index (χ4n) is 2.41. The largest absolute Gasteiger partial charge is 0.237 e. The lowest BCUT2D eigenvalue weighted by molar-refractivity contribution is 0.807. The van der Waals surface area contributed by atoms with E-state index in [2.05, 4.69) is 41.5 Å². The molecule has 1 aliphatic heterocycles. The van der Waals surface area contributed by atoms with Crippen LogP contribution in [0.4, 0.5) is 5.82 Å². The van der Waals surface area contributed by atoms with E-state index >= 15 is 0 Å². The zero-order valence-corrected chi connectivity index (χ0v) is 11.8. The number of aliphatic imine (C=N–C) groups is 1. The molecule has 92 valence electrons. The van der Waals surface area contributed by atoms with Gasteiger partial charge < -0.3 is 0 Å². The van der Waals surface area contributed by atoms with Gasteiger partial charge in [0, 0.05) is 23.4 Å². The van der Waals surface area contributed by atoms with Gasteiger partial charge in [0.1, 0.15) is 0 Å². The average molecular weight is 230 g/mol. The Hall–Kier alpha value is -1.18. The highest BCUT2D eigenvalue weighted by atomic mass is 14.9. The maximum Gasteiger partial charge on any atom is 0.155 e. The molecule has 0 bridgehead atoms. The van der Waals surface area contributed by atoms with Crippen molar-refractivity contribution in [1.82, 2.24) is 4.98 Å². The average Bonchev–Trinajstić information content (AvgIpc) is 2.67. The summed E-state index contributed by atoms with van der Waals surface area (Å²) in [6.45, 7) is 13.2. The summed E-state index contributed by atoms with van der Waals surface area (Å²) in [6.07, 6.45) is 0.991. The number of nitrogens with zero attached hydrogens (tertiary/aromatic N) is 2. The number of rotatable bonds is 2. The van der Waals surface area contributed by atoms with Crippen LogP contribution in [0.1, 0.15) is 56.0 Å². The third-order valence-electron chi connectivity index (χ3n) is 3.72. The number of aromatic nitrogens is 1. The second-order valence-electron chi connectivity index (χ2n) is 5.64. The molecule has 0 saturated carbocycles. The van der Waals surface area contributed by atoms with Gasteiger partial charge >= 0.3 is 0 Å². The molecule has 0 spiro atoms. The molecule has 2 heteroatoms. The smallest absolute Gasteiger partial charge is 0.155 e. The Bertz CT molecular complexity index is 482. The third-order valence-corrected chi connectivity index (χ3v) is 3.72. The normalized spacial score (nSPS) is 14.5. The van der Waals surface area contributed by atoms with Gasteiger partial charge in [-0.1, -0.05) is 27.7 Å². The van der Waals surface area contributed by atoms with Crippen LogP contribution in [0.2, 0.25) is 0 Å². The second-order valence-corrected chi connectivity index (χ2v) is 5.64. The van der Waals surface area contributed by atoms with E-state index in [9.17, 15) is 0 Å². The molecule has 1 aromatic rings. The van der Waals surface area contributed by atoms with Gasteiger partial charge in [-0.2, -0.15) is 0 Å². The van der Waals surface area contributed by atoms with Gasteiger partial charge in [0.05, 0.1) is 0 Å². The highest BCUT2D eigenvalue weighted by Crippen LogP contribution is 2.34. The van der Waals surface area contributed by atoms with E-state index in [1.807, 2.05) is 0 Å². The highest BCUT2D eigenvalue weighted by molar-refractivity contribution is 5.95. The van der Waals surface area contributed by atoms with Crippen LogP contribution in [0.15, 0.2) is 4.99 Å². The summed E-state index contributed by atoms with van der Waals surface area (Å²) in [6, 6.07) is 0. The number of hydrogen-bond acceptors (Lipinski definition) is 2. The molecule has 0 saturated heterocycles. The Labute approximate surface area is 104 Å². The van der Waals surface area contributed by atoms with Crippen LogP contribution in [-0.4, -0.2) is 10.7 Å². The minimum atomic E-state index is 0.470. The van der Waals surface area contributed by atoms with Gasteiger partial charge in [-0.05, 0) is 36.8 Å². The van der Waals surface area contributed by atoms with E-state index in [1.165, 1.54) is 28.1 Å². The molecule has 0 aromatic carbocycles. The van der Waals surface area contributed by atoms with Crippen molar-refractivity contribution in [2.75, 3.05) is 0 Å². The maximum absolute atomic E-state index is 4.76. The van der Waals surface area contributed by atoms with Gasteiger partial charge in [-0.15, -0.1) is 0 Å². The summed E-state index contributed by atoms with van der Waals surface area (Å²) in [5.74, 6) is 1.96. The SMILES string of the molecule is Cc1c(C(C)C)nc2c(c1C)CC(C(C)C)=N2. The lowest BCUT2D eigenvalue weighted by Gasteiger charge is -2.14. The van der Waals surface area contributed by atoms with Crippen molar-refractivity contribution in [2.45, 2.75) is 53.9 Å². The summed E-state index contributed by atoms with van der Waals surface area (Å²) in [5, 5.41) is 0. The van der Waals surface area contributed by atoms with Crippen molar-refractivity contribution in [2.24, 2.45) is 10.9 Å². The Morgan fingerprint density at radius 1 is 0.941 bits per heavy atom. The van der Waals surface area contributed by atoms with E-state index in [4.69, 9.17) is 9.98 Å². The summed E-state index contributed by atoms with van der Waals surface area (Å²) >= 11 is 0. The van der Waals surface area contributed by atoms with Crippen LogP contribution in [0, 0.1) is 19.8 Å². The molecule has 0 amide bonds. The maximum atomic E-state index is 4.76. The van der Waals surface area contributed by atoms with E-state index < -0.39 is 0 Å². The Morgan fingerprint density at radius 2 is 1.59 bits per heavy atom. The molecule has 2 rings (SSSR count). The minimum Gasteiger partial charge on any atom is -0.237 e. The quantitative estimate of drug-likeness (QED) is 0.750. The fraction of sp³-hybridized carbons (Fsp3) is 0.600. The number of fused-ring (bicyclic) bond motifs is 1. The predicted molar refractivity (Wildman–Crippen MR) is 73.4 cm³/mol. The lowest BCUT2D eigenvalue weighted by atomic mass is 9.94. The Balaban J connectivity index is 2.54. The zero-order chi connectivity index (χ0) is 12.7. The first-order valence-corrected chi connectivity index (χ1v) is 6.49. The van der Waals surface area contributed by atoms with E-state index in [-0.39, 0.29) is 0 Å². The standard InChI is InChI=1S/C15H22N2/c1-8(2)13-7-12-10(5)11(6)14(9(3)4)17-15(12)16-13/h8-9H,7H2,1-6H3. The third kappa shape index (κ3) is 2.01. The van der Waals surface area contributed by atoms with E-state index in [1.54, 1.807) is 0 Å². The lowest BCUT2D eigenvalue weighted by Crippen LogP contribution is -2.07. The van der Waals surface area contributed by atoms with Crippen LogP contribution < -0.4 is 0 Å². The van der Waals surface area contributed by atoms with Crippen molar-refractivity contribution in [3.63, 3.8) is 0 Å². The zero-order valence-electron chi connectivity index (χ0n) is 11.8. The van der Waals surface area contributed by atoms with E-state index in [0.717, 1.165) is 12.2 Å². The van der Waals surface area contributed by atoms with Gasteiger partial charge in [-0.3, -0.25) is 0 Å². The molecule has 1 aromatic heterocycles. The molecule has 2 heterocycles. The van der Waals surface area contributed by atoms with Gasteiger partial charge in [0.15, 0.2) is 5.82 Å². The summed E-state index contributed by atoms with van der Waals surface area (Å²) < 4.78 is 0. The monoisotopic (exact) mass is 230 g/mol. The van der Waals surface area contributed by atoms with Gasteiger partial charge in [0.25, 0.3) is 0 Å². The molecule has 0 atom stereocenters. The molecule has 0 N–H and O–H groups in total. The fourth-order valence-corrected chi connectivity index (χ4v) is 2.41. The minimum absolute atomic E-state index is 0.470. The molecule has 2 nitrogen and oxygen atoms in total. The molecular formula is C15H22N2. The summed E-state index contributed by atoms with van der Waals surface area (Å²) in [5.41, 5.74) is 6.55. The van der Waals surface area contributed by atoms with Crippen LogP contribution in [0.3, 0.4) is 0 Å². The van der Waals surface area contributed by atoms with Crippen LogP contribution in [-0.2, 0) is 6.42 Å². The first-order valence-electron chi connectivity index (χ1n) is 6.49. The topological polar surface area (TPSA) is 25.2 Å². The first-order chi connectivity index (χ1) is 7.91. The van der Waals surface area contributed by atoms with Gasteiger partial charge in [-0.25, -0.2) is 9.98 Å². The van der Waals surface area contributed by atoms with Crippen molar-refractivity contribution >= 4 is 11.5 Å². The van der Waals surface area contributed by atoms with E-state index in [0.29, 0.717) is 11.8 Å². The predicted octanol–water partition coefficient (Wildman–Crippen LogP) is 4.11.